The molecule has 1 saturated heterocycles. The minimum Gasteiger partial charge on any atom is -0.337 e. The van der Waals surface area contributed by atoms with Gasteiger partial charge in [0.1, 0.15) is 0 Å². The lowest BCUT2D eigenvalue weighted by Crippen LogP contribution is -2.45. The Morgan fingerprint density at radius 3 is 2.83 bits per heavy atom. The first-order chi connectivity index (χ1) is 8.08. The smallest absolute Gasteiger partial charge is 0.255 e. The molecule has 6 heteroatoms. The lowest BCUT2D eigenvalue weighted by atomic mass is 10.1. The summed E-state index contributed by atoms with van der Waals surface area (Å²) >= 11 is 8.27. The monoisotopic (exact) mass is 400 g/mol. The zero-order chi connectivity index (χ0) is 12.4. The van der Waals surface area contributed by atoms with E-state index in [1.807, 2.05) is 6.07 Å². The number of hydrogen-bond acceptors (Lipinski definition) is 2. The van der Waals surface area contributed by atoms with Crippen LogP contribution in [0.5, 0.6) is 0 Å². The van der Waals surface area contributed by atoms with Crippen molar-refractivity contribution in [3.8, 4) is 0 Å². The standard InChI is InChI=1S/C12H14ClIN2O.ClH/c13-11-6-8(14)3-4-10(11)12(17)16-5-1-2-9(15)7-16;/h3-4,6,9H,1-2,5,7,15H2;1H. The molecule has 3 nitrogen and oxygen atoms in total. The van der Waals surface area contributed by atoms with Crippen LogP contribution >= 0.6 is 46.6 Å². The van der Waals surface area contributed by atoms with E-state index >= 15 is 0 Å². The molecular formula is C12H15Cl2IN2O. The highest BCUT2D eigenvalue weighted by Crippen LogP contribution is 2.22. The number of nitrogens with two attached hydrogens (primary N) is 1. The molecule has 1 aliphatic rings. The van der Waals surface area contributed by atoms with Crippen LogP contribution in [0.2, 0.25) is 5.02 Å². The van der Waals surface area contributed by atoms with Gasteiger partial charge in [-0.1, -0.05) is 11.6 Å². The second-order valence-corrected chi connectivity index (χ2v) is 5.93. The topological polar surface area (TPSA) is 46.3 Å². The Kier molecular flexibility index (Phi) is 6.17. The summed E-state index contributed by atoms with van der Waals surface area (Å²) in [6.45, 7) is 1.40. The predicted molar refractivity (Wildman–Crippen MR) is 84.5 cm³/mol. The molecule has 0 aliphatic carbocycles. The first kappa shape index (κ1) is 16.0. The van der Waals surface area contributed by atoms with Crippen LogP contribution in [0.25, 0.3) is 0 Å². The minimum absolute atomic E-state index is 0. The van der Waals surface area contributed by atoms with Gasteiger partial charge in [-0.2, -0.15) is 0 Å². The summed E-state index contributed by atoms with van der Waals surface area (Å²) in [5, 5.41) is 0.515. The van der Waals surface area contributed by atoms with Gasteiger partial charge in [-0.3, -0.25) is 4.79 Å². The van der Waals surface area contributed by atoms with Crippen LogP contribution in [0.4, 0.5) is 0 Å². The van der Waals surface area contributed by atoms with Gasteiger partial charge in [-0.15, -0.1) is 12.4 Å². The molecule has 1 aliphatic heterocycles. The largest absolute Gasteiger partial charge is 0.337 e. The summed E-state index contributed by atoms with van der Waals surface area (Å²) in [4.78, 5) is 14.1. The maximum absolute atomic E-state index is 12.3. The Morgan fingerprint density at radius 1 is 1.50 bits per heavy atom. The van der Waals surface area contributed by atoms with Gasteiger partial charge in [0.25, 0.3) is 5.91 Å². The predicted octanol–water partition coefficient (Wildman–Crippen LogP) is 2.93. The van der Waals surface area contributed by atoms with Crippen LogP contribution in [0.1, 0.15) is 23.2 Å². The molecule has 2 rings (SSSR count). The third kappa shape index (κ3) is 3.73. The third-order valence-electron chi connectivity index (χ3n) is 2.91. The number of amides is 1. The minimum atomic E-state index is -0.0125. The van der Waals surface area contributed by atoms with Crippen molar-refractivity contribution in [3.05, 3.63) is 32.4 Å². The second kappa shape index (κ2) is 6.93. The molecule has 1 unspecified atom stereocenters. The maximum atomic E-state index is 12.3. The Labute approximate surface area is 132 Å². The molecule has 100 valence electrons. The highest BCUT2D eigenvalue weighted by Gasteiger charge is 2.23. The Morgan fingerprint density at radius 2 is 2.22 bits per heavy atom. The molecule has 0 bridgehead atoms. The van der Waals surface area contributed by atoms with Crippen LogP contribution in [-0.2, 0) is 0 Å². The van der Waals surface area contributed by atoms with Crippen molar-refractivity contribution >= 4 is 52.5 Å². The Hall–Kier alpha value is -0.0400. The molecule has 2 N–H and O–H groups in total. The number of hydrogen-bond donors (Lipinski definition) is 1. The van der Waals surface area contributed by atoms with Crippen LogP contribution < -0.4 is 5.73 Å². The highest BCUT2D eigenvalue weighted by atomic mass is 127. The quantitative estimate of drug-likeness (QED) is 0.736. The maximum Gasteiger partial charge on any atom is 0.255 e. The van der Waals surface area contributed by atoms with Gasteiger partial charge in [-0.05, 0) is 53.6 Å². The normalized spacial score (nSPS) is 19.3. The highest BCUT2D eigenvalue weighted by molar-refractivity contribution is 14.1. The summed E-state index contributed by atoms with van der Waals surface area (Å²) < 4.78 is 1.03. The zero-order valence-electron chi connectivity index (χ0n) is 9.73. The first-order valence-corrected chi connectivity index (χ1v) is 7.03. The van der Waals surface area contributed by atoms with Gasteiger partial charge in [0.05, 0.1) is 10.6 Å². The number of benzene rings is 1. The van der Waals surface area contributed by atoms with Gasteiger partial charge in [-0.25, -0.2) is 0 Å². The molecule has 1 atom stereocenters. The second-order valence-electron chi connectivity index (χ2n) is 4.28. The van der Waals surface area contributed by atoms with E-state index < -0.39 is 0 Å². The van der Waals surface area contributed by atoms with E-state index in [-0.39, 0.29) is 24.4 Å². The van der Waals surface area contributed by atoms with Crippen molar-refractivity contribution < 1.29 is 4.79 Å². The fourth-order valence-corrected chi connectivity index (χ4v) is 2.96. The molecule has 1 amide bonds. The van der Waals surface area contributed by atoms with E-state index in [2.05, 4.69) is 22.6 Å². The SMILES string of the molecule is Cl.NC1CCCN(C(=O)c2ccc(I)cc2Cl)C1. The first-order valence-electron chi connectivity index (χ1n) is 5.58. The summed E-state index contributed by atoms with van der Waals surface area (Å²) in [6, 6.07) is 5.57. The molecule has 1 aromatic carbocycles. The zero-order valence-corrected chi connectivity index (χ0v) is 13.5. The van der Waals surface area contributed by atoms with Gasteiger partial charge in [0, 0.05) is 22.7 Å². The molecule has 0 saturated carbocycles. The lowest BCUT2D eigenvalue weighted by molar-refractivity contribution is 0.0709. The number of piperidine rings is 1. The number of carbonyl (C=O) groups excluding carboxylic acids is 1. The van der Waals surface area contributed by atoms with Crippen molar-refractivity contribution in [2.24, 2.45) is 5.73 Å². The molecule has 0 radical (unpaired) electrons. The number of rotatable bonds is 1. The summed E-state index contributed by atoms with van der Waals surface area (Å²) in [5.41, 5.74) is 6.45. The van der Waals surface area contributed by atoms with Crippen LogP contribution in [0.3, 0.4) is 0 Å². The number of carbonyl (C=O) groups is 1. The van der Waals surface area contributed by atoms with E-state index in [1.54, 1.807) is 17.0 Å². The van der Waals surface area contributed by atoms with E-state index in [0.717, 1.165) is 23.0 Å². The van der Waals surface area contributed by atoms with Gasteiger partial charge >= 0.3 is 0 Å². The van der Waals surface area contributed by atoms with Gasteiger partial charge in [0.2, 0.25) is 0 Å². The van der Waals surface area contributed by atoms with Crippen molar-refractivity contribution in [3.63, 3.8) is 0 Å². The number of likely N-dealkylation sites (tertiary alicyclic amines) is 1. The van der Waals surface area contributed by atoms with Crippen LogP contribution in [-0.4, -0.2) is 29.9 Å². The average molecular weight is 401 g/mol. The van der Waals surface area contributed by atoms with E-state index in [0.29, 0.717) is 17.1 Å². The molecule has 18 heavy (non-hydrogen) atoms. The van der Waals surface area contributed by atoms with E-state index in [9.17, 15) is 4.79 Å². The van der Waals surface area contributed by atoms with E-state index in [1.165, 1.54) is 0 Å². The fraction of sp³-hybridized carbons (Fsp3) is 0.417. The van der Waals surface area contributed by atoms with Gasteiger partial charge < -0.3 is 10.6 Å². The Bertz CT molecular complexity index is 442. The van der Waals surface area contributed by atoms with Crippen molar-refractivity contribution in [1.29, 1.82) is 0 Å². The number of halogens is 3. The number of nitrogens with zero attached hydrogens (tertiary/aromatic N) is 1. The summed E-state index contributed by atoms with van der Waals surface area (Å²) in [7, 11) is 0. The molecule has 1 fully saturated rings. The van der Waals surface area contributed by atoms with Crippen molar-refractivity contribution in [2.45, 2.75) is 18.9 Å². The third-order valence-corrected chi connectivity index (χ3v) is 3.89. The van der Waals surface area contributed by atoms with Gasteiger partial charge in [0.15, 0.2) is 0 Å². The van der Waals surface area contributed by atoms with Crippen molar-refractivity contribution in [1.82, 2.24) is 4.90 Å². The molecule has 0 aromatic heterocycles. The summed E-state index contributed by atoms with van der Waals surface area (Å²) in [5.74, 6) is -0.0125. The van der Waals surface area contributed by atoms with Crippen LogP contribution in [0, 0.1) is 3.57 Å². The lowest BCUT2D eigenvalue weighted by Gasteiger charge is -2.31. The molecule has 0 spiro atoms. The Balaban J connectivity index is 0.00000162. The molecule has 1 heterocycles. The molecule has 1 aromatic rings. The van der Waals surface area contributed by atoms with E-state index in [4.69, 9.17) is 17.3 Å². The van der Waals surface area contributed by atoms with Crippen molar-refractivity contribution in [2.75, 3.05) is 13.1 Å². The fourth-order valence-electron chi connectivity index (χ4n) is 2.03. The average Bonchev–Trinajstić information content (AvgIpc) is 2.28. The summed E-state index contributed by atoms with van der Waals surface area (Å²) in [6.07, 6.45) is 1.96. The van der Waals surface area contributed by atoms with Crippen LogP contribution in [0.15, 0.2) is 18.2 Å². The molecular weight excluding hydrogens is 386 g/mol.